The Bertz CT molecular complexity index is 805. The zero-order valence-corrected chi connectivity index (χ0v) is 14.7. The highest BCUT2D eigenvalue weighted by molar-refractivity contribution is 5.64. The van der Waals surface area contributed by atoms with Gasteiger partial charge in [0.2, 0.25) is 0 Å². The van der Waals surface area contributed by atoms with E-state index >= 15 is 0 Å². The van der Waals surface area contributed by atoms with Gasteiger partial charge in [0.1, 0.15) is 11.0 Å². The average molecular weight is 322 g/mol. The van der Waals surface area contributed by atoms with Crippen LogP contribution in [0.25, 0.3) is 6.58 Å². The number of rotatable bonds is 7. The summed E-state index contributed by atoms with van der Waals surface area (Å²) in [4.78, 5) is 7.17. The number of fused-ring (bicyclic) bond motifs is 2. The van der Waals surface area contributed by atoms with Gasteiger partial charge in [-0.3, -0.25) is 0 Å². The molecule has 0 amide bonds. The van der Waals surface area contributed by atoms with Crippen LogP contribution in [0.3, 0.4) is 0 Å². The molecule has 0 saturated carbocycles. The molecule has 0 aliphatic carbocycles. The van der Waals surface area contributed by atoms with E-state index in [1.807, 2.05) is 18.2 Å². The molecule has 0 bridgehead atoms. The lowest BCUT2D eigenvalue weighted by Gasteiger charge is -2.26. The fourth-order valence-electron chi connectivity index (χ4n) is 2.92. The molecule has 3 rings (SSSR count). The van der Waals surface area contributed by atoms with E-state index in [0.29, 0.717) is 0 Å². The molecule has 126 valence electrons. The van der Waals surface area contributed by atoms with Gasteiger partial charge in [-0.05, 0) is 42.3 Å². The summed E-state index contributed by atoms with van der Waals surface area (Å²) in [6, 6.07) is 12.2. The van der Waals surface area contributed by atoms with Crippen molar-refractivity contribution in [3.8, 4) is 11.5 Å². The molecular formula is C21H26N2O. The monoisotopic (exact) mass is 322 g/mol. The molecule has 0 radical (unpaired) electrons. The minimum atomic E-state index is 0.792. The Labute approximate surface area is 144 Å². The fraction of sp³-hybridized carbons (Fsp3) is 0.381. The van der Waals surface area contributed by atoms with Crippen LogP contribution in [0.5, 0.6) is 11.5 Å². The Balaban J connectivity index is 1.91. The maximum Gasteiger partial charge on any atom is 0.155 e. The van der Waals surface area contributed by atoms with Crippen LogP contribution in [0.15, 0.2) is 41.4 Å². The molecule has 24 heavy (non-hydrogen) atoms. The minimum absolute atomic E-state index is 0.792. The largest absolute Gasteiger partial charge is 0.453 e. The van der Waals surface area contributed by atoms with Crippen molar-refractivity contribution in [3.63, 3.8) is 0 Å². The third-order valence-corrected chi connectivity index (χ3v) is 4.36. The van der Waals surface area contributed by atoms with Gasteiger partial charge in [0.15, 0.2) is 11.5 Å². The second kappa shape index (κ2) is 7.52. The molecule has 3 nitrogen and oxygen atoms in total. The SMILES string of the molecule is C=c1ccc2c(c1)Oc1cc(N(CCCC)CCCC)ccc1N=2. The molecule has 1 aliphatic heterocycles. The van der Waals surface area contributed by atoms with Crippen LogP contribution in [0.4, 0.5) is 11.4 Å². The summed E-state index contributed by atoms with van der Waals surface area (Å²) in [6.07, 6.45) is 4.83. The number of benzene rings is 2. The summed E-state index contributed by atoms with van der Waals surface area (Å²) in [7, 11) is 0. The van der Waals surface area contributed by atoms with Gasteiger partial charge in [-0.2, -0.15) is 0 Å². The zero-order valence-electron chi connectivity index (χ0n) is 14.7. The molecule has 1 aliphatic rings. The molecule has 3 heteroatoms. The Kier molecular flexibility index (Phi) is 5.19. The molecular weight excluding hydrogens is 296 g/mol. The third kappa shape index (κ3) is 3.61. The summed E-state index contributed by atoms with van der Waals surface area (Å²) in [6.45, 7) is 10.6. The van der Waals surface area contributed by atoms with E-state index in [1.165, 1.54) is 31.4 Å². The summed E-state index contributed by atoms with van der Waals surface area (Å²) >= 11 is 0. The first-order chi connectivity index (χ1) is 11.7. The predicted octanol–water partition coefficient (Wildman–Crippen LogP) is 4.56. The van der Waals surface area contributed by atoms with Crippen LogP contribution in [0, 0.1) is 0 Å². The van der Waals surface area contributed by atoms with E-state index in [0.717, 1.165) is 40.9 Å². The van der Waals surface area contributed by atoms with Crippen LogP contribution in [-0.4, -0.2) is 13.1 Å². The quantitative estimate of drug-likeness (QED) is 0.637. The van der Waals surface area contributed by atoms with Gasteiger partial charge in [-0.15, -0.1) is 0 Å². The zero-order chi connectivity index (χ0) is 16.9. The van der Waals surface area contributed by atoms with Crippen molar-refractivity contribution in [2.75, 3.05) is 18.0 Å². The molecule has 0 atom stereocenters. The Hall–Kier alpha value is -2.29. The van der Waals surface area contributed by atoms with Gasteiger partial charge < -0.3 is 9.64 Å². The summed E-state index contributed by atoms with van der Waals surface area (Å²) < 4.78 is 6.10. The van der Waals surface area contributed by atoms with E-state index in [2.05, 4.69) is 43.5 Å². The van der Waals surface area contributed by atoms with E-state index in [-0.39, 0.29) is 0 Å². The number of ether oxygens (including phenoxy) is 1. The van der Waals surface area contributed by atoms with Crippen LogP contribution in [-0.2, 0) is 0 Å². The van der Waals surface area contributed by atoms with Crippen LogP contribution in [0.1, 0.15) is 39.5 Å². The Morgan fingerprint density at radius 1 is 0.958 bits per heavy atom. The number of hydrogen-bond donors (Lipinski definition) is 0. The Morgan fingerprint density at radius 3 is 2.42 bits per heavy atom. The standard InChI is InChI=1S/C21H26N2O/c1-4-6-12-23(13-7-5-2)17-9-11-19-21(15-17)24-20-14-16(3)8-10-18(20)22-19/h8-11,14-15H,3-7,12-13H2,1-2H3. The first kappa shape index (κ1) is 16.6. The van der Waals surface area contributed by atoms with E-state index < -0.39 is 0 Å². The molecule has 1 heterocycles. The van der Waals surface area contributed by atoms with Crippen molar-refractivity contribution in [2.24, 2.45) is 4.99 Å². The molecule has 2 aromatic rings. The van der Waals surface area contributed by atoms with Crippen molar-refractivity contribution >= 4 is 18.0 Å². The van der Waals surface area contributed by atoms with Crippen molar-refractivity contribution in [1.82, 2.24) is 0 Å². The average Bonchev–Trinajstić information content (AvgIpc) is 2.59. The highest BCUT2D eigenvalue weighted by atomic mass is 16.5. The smallest absolute Gasteiger partial charge is 0.155 e. The topological polar surface area (TPSA) is 24.8 Å². The molecule has 0 fully saturated rings. The van der Waals surface area contributed by atoms with Gasteiger partial charge in [0.05, 0.1) is 0 Å². The molecule has 0 unspecified atom stereocenters. The lowest BCUT2D eigenvalue weighted by molar-refractivity contribution is 0.469. The summed E-state index contributed by atoms with van der Waals surface area (Å²) in [5.41, 5.74) is 2.12. The number of unbranched alkanes of at least 4 members (excludes halogenated alkanes) is 2. The highest BCUT2D eigenvalue weighted by Gasteiger charge is 2.15. The molecule has 0 saturated heterocycles. The molecule has 2 aromatic carbocycles. The molecule has 0 spiro atoms. The second-order valence-electron chi connectivity index (χ2n) is 6.36. The van der Waals surface area contributed by atoms with Crippen molar-refractivity contribution in [1.29, 1.82) is 0 Å². The van der Waals surface area contributed by atoms with E-state index in [4.69, 9.17) is 9.73 Å². The lowest BCUT2D eigenvalue weighted by Crippen LogP contribution is -2.25. The predicted molar refractivity (Wildman–Crippen MR) is 101 cm³/mol. The summed E-state index contributed by atoms with van der Waals surface area (Å²) in [5, 5.41) is 1.81. The first-order valence-corrected chi connectivity index (χ1v) is 8.96. The molecule has 0 aromatic heterocycles. The van der Waals surface area contributed by atoms with Crippen molar-refractivity contribution in [3.05, 3.63) is 47.0 Å². The van der Waals surface area contributed by atoms with Crippen LogP contribution < -0.4 is 20.2 Å². The number of hydrogen-bond acceptors (Lipinski definition) is 3. The van der Waals surface area contributed by atoms with E-state index in [9.17, 15) is 0 Å². The van der Waals surface area contributed by atoms with Crippen LogP contribution in [0.2, 0.25) is 0 Å². The maximum absolute atomic E-state index is 6.10. The van der Waals surface area contributed by atoms with Crippen molar-refractivity contribution in [2.45, 2.75) is 39.5 Å². The lowest BCUT2D eigenvalue weighted by atomic mass is 10.2. The minimum Gasteiger partial charge on any atom is -0.453 e. The normalized spacial score (nSPS) is 11.9. The van der Waals surface area contributed by atoms with Gasteiger partial charge in [0.25, 0.3) is 0 Å². The summed E-state index contributed by atoms with van der Waals surface area (Å²) in [5.74, 6) is 1.63. The third-order valence-electron chi connectivity index (χ3n) is 4.36. The van der Waals surface area contributed by atoms with Crippen molar-refractivity contribution < 1.29 is 4.74 Å². The fourth-order valence-corrected chi connectivity index (χ4v) is 2.92. The van der Waals surface area contributed by atoms with Gasteiger partial charge in [-0.25, -0.2) is 4.99 Å². The number of anilines is 1. The van der Waals surface area contributed by atoms with Gasteiger partial charge in [0, 0.05) is 24.8 Å². The first-order valence-electron chi connectivity index (χ1n) is 8.96. The van der Waals surface area contributed by atoms with Crippen LogP contribution >= 0.6 is 0 Å². The number of nitrogens with zero attached hydrogens (tertiary/aromatic N) is 2. The maximum atomic E-state index is 6.10. The highest BCUT2D eigenvalue weighted by Crippen LogP contribution is 2.36. The van der Waals surface area contributed by atoms with E-state index in [1.54, 1.807) is 0 Å². The van der Waals surface area contributed by atoms with Gasteiger partial charge >= 0.3 is 0 Å². The van der Waals surface area contributed by atoms with Gasteiger partial charge in [-0.1, -0.05) is 39.3 Å². The Morgan fingerprint density at radius 2 is 1.71 bits per heavy atom. The second-order valence-corrected chi connectivity index (χ2v) is 6.36. The molecule has 0 N–H and O–H groups in total.